The van der Waals surface area contributed by atoms with E-state index < -0.39 is 11.1 Å². The zero-order chi connectivity index (χ0) is 7.28. The number of rotatable bonds is 4. The Bertz CT molecular complexity index is 95.0. The summed E-state index contributed by atoms with van der Waals surface area (Å²) in [5.41, 5.74) is 0. The van der Waals surface area contributed by atoms with Crippen LogP contribution in [0.2, 0.25) is 0 Å². The van der Waals surface area contributed by atoms with Crippen molar-refractivity contribution in [2.45, 2.75) is 19.9 Å². The minimum atomic E-state index is -1.89. The van der Waals surface area contributed by atoms with Gasteiger partial charge in [0.2, 0.25) is 0 Å². The molecule has 0 bridgehead atoms. The van der Waals surface area contributed by atoms with Crippen LogP contribution in [-0.4, -0.2) is 27.1 Å². The molecular weight excluding hydrogens is 138 g/mol. The van der Waals surface area contributed by atoms with E-state index in [-0.39, 0.29) is 5.75 Å². The largest absolute Gasteiger partial charge is 0.772 e. The molecule has 3 nitrogen and oxygen atoms in total. The van der Waals surface area contributed by atoms with E-state index in [9.17, 15) is 8.76 Å². The van der Waals surface area contributed by atoms with Gasteiger partial charge in [-0.2, -0.15) is 0 Å². The lowest BCUT2D eigenvalue weighted by Crippen LogP contribution is -2.27. The lowest BCUT2D eigenvalue weighted by Gasteiger charge is -2.08. The van der Waals surface area contributed by atoms with Crippen LogP contribution in [0.4, 0.5) is 0 Å². The predicted molar refractivity (Wildman–Crippen MR) is 36.9 cm³/mol. The van der Waals surface area contributed by atoms with Crippen LogP contribution in [0.15, 0.2) is 0 Å². The summed E-state index contributed by atoms with van der Waals surface area (Å²) < 4.78 is 19.9. The van der Waals surface area contributed by atoms with Crippen molar-refractivity contribution in [1.29, 1.82) is 0 Å². The average Bonchev–Trinajstić information content (AvgIpc) is 1.63. The van der Waals surface area contributed by atoms with E-state index in [2.05, 4.69) is 5.32 Å². The quantitative estimate of drug-likeness (QED) is 0.568. The molecule has 4 heteroatoms. The second kappa shape index (κ2) is 4.90. The minimum Gasteiger partial charge on any atom is -0.772 e. The van der Waals surface area contributed by atoms with E-state index in [0.29, 0.717) is 12.6 Å². The summed E-state index contributed by atoms with van der Waals surface area (Å²) in [5.74, 6) is 0.207. The van der Waals surface area contributed by atoms with E-state index in [0.717, 1.165) is 0 Å². The van der Waals surface area contributed by atoms with Crippen LogP contribution in [0, 0.1) is 0 Å². The molecule has 0 aromatic heterocycles. The molecule has 0 aliphatic heterocycles. The first-order chi connectivity index (χ1) is 4.13. The van der Waals surface area contributed by atoms with Gasteiger partial charge >= 0.3 is 0 Å². The molecule has 0 radical (unpaired) electrons. The molecule has 0 spiro atoms. The monoisotopic (exact) mass is 150 g/mol. The summed E-state index contributed by atoms with van der Waals surface area (Å²) in [6.45, 7) is 4.51. The zero-order valence-electron chi connectivity index (χ0n) is 5.72. The Hall–Kier alpha value is 0.0700. The Labute approximate surface area is 58.1 Å². The molecule has 1 unspecified atom stereocenters. The fraction of sp³-hybridized carbons (Fsp3) is 1.00. The van der Waals surface area contributed by atoms with Gasteiger partial charge in [0.05, 0.1) is 0 Å². The maximum Gasteiger partial charge on any atom is 0.0227 e. The molecule has 0 aromatic rings. The topological polar surface area (TPSA) is 52.2 Å². The maximum atomic E-state index is 9.94. The third kappa shape index (κ3) is 8.07. The normalized spacial score (nSPS) is 14.2. The van der Waals surface area contributed by atoms with Crippen molar-refractivity contribution in [2.75, 3.05) is 12.3 Å². The van der Waals surface area contributed by atoms with Crippen LogP contribution >= 0.6 is 0 Å². The van der Waals surface area contributed by atoms with E-state index in [4.69, 9.17) is 0 Å². The lowest BCUT2D eigenvalue weighted by atomic mass is 10.4. The van der Waals surface area contributed by atoms with Crippen molar-refractivity contribution in [2.24, 2.45) is 0 Å². The number of hydrogen-bond donors (Lipinski definition) is 1. The predicted octanol–water partition coefficient (Wildman–Crippen LogP) is -0.137. The molecule has 0 fully saturated rings. The summed E-state index contributed by atoms with van der Waals surface area (Å²) in [4.78, 5) is 0. The molecule has 0 saturated carbocycles. The first kappa shape index (κ1) is 9.07. The molecule has 0 aliphatic rings. The van der Waals surface area contributed by atoms with E-state index in [1.54, 1.807) is 0 Å². The van der Waals surface area contributed by atoms with Gasteiger partial charge < -0.3 is 9.87 Å². The minimum absolute atomic E-state index is 0.207. The van der Waals surface area contributed by atoms with Crippen LogP contribution in [0.25, 0.3) is 0 Å². The van der Waals surface area contributed by atoms with Gasteiger partial charge in [0.1, 0.15) is 0 Å². The first-order valence-corrected chi connectivity index (χ1v) is 4.16. The van der Waals surface area contributed by atoms with Gasteiger partial charge in [-0.3, -0.25) is 4.21 Å². The molecule has 1 atom stereocenters. The Morgan fingerprint density at radius 1 is 1.67 bits per heavy atom. The van der Waals surface area contributed by atoms with Crippen LogP contribution in [-0.2, 0) is 11.1 Å². The van der Waals surface area contributed by atoms with Crippen LogP contribution in [0.1, 0.15) is 13.8 Å². The zero-order valence-corrected chi connectivity index (χ0v) is 6.53. The number of hydrogen-bond acceptors (Lipinski definition) is 3. The molecule has 0 saturated heterocycles. The van der Waals surface area contributed by atoms with Crippen molar-refractivity contribution in [3.8, 4) is 0 Å². The first-order valence-electron chi connectivity index (χ1n) is 2.92. The van der Waals surface area contributed by atoms with Gasteiger partial charge in [0.25, 0.3) is 0 Å². The third-order valence-corrected chi connectivity index (χ3v) is 1.36. The van der Waals surface area contributed by atoms with Gasteiger partial charge in [0.15, 0.2) is 0 Å². The Morgan fingerprint density at radius 3 is 2.56 bits per heavy atom. The molecule has 0 aliphatic carbocycles. The van der Waals surface area contributed by atoms with Crippen molar-refractivity contribution >= 4 is 11.1 Å². The van der Waals surface area contributed by atoms with Gasteiger partial charge in [0, 0.05) is 18.3 Å². The summed E-state index contributed by atoms with van der Waals surface area (Å²) in [6, 6.07) is 0.369. The summed E-state index contributed by atoms with van der Waals surface area (Å²) in [7, 11) is 0. The highest BCUT2D eigenvalue weighted by Crippen LogP contribution is 1.76. The van der Waals surface area contributed by atoms with E-state index in [1.165, 1.54) is 0 Å². The lowest BCUT2D eigenvalue weighted by molar-refractivity contribution is 0.529. The van der Waals surface area contributed by atoms with Crippen LogP contribution in [0.5, 0.6) is 0 Å². The fourth-order valence-electron chi connectivity index (χ4n) is 0.431. The van der Waals surface area contributed by atoms with Crippen molar-refractivity contribution in [3.05, 3.63) is 0 Å². The van der Waals surface area contributed by atoms with Crippen molar-refractivity contribution < 1.29 is 8.76 Å². The van der Waals surface area contributed by atoms with Crippen molar-refractivity contribution in [3.63, 3.8) is 0 Å². The van der Waals surface area contributed by atoms with Gasteiger partial charge in [-0.1, -0.05) is 24.9 Å². The standard InChI is InChI=1S/C5H13NO2S/c1-5(2)6-3-4-9(7)8/h5-6H,3-4H2,1-2H3,(H,7,8)/p-1. The van der Waals surface area contributed by atoms with Crippen LogP contribution in [0.3, 0.4) is 0 Å². The third-order valence-electron chi connectivity index (χ3n) is 0.821. The molecule has 0 amide bonds. The van der Waals surface area contributed by atoms with E-state index in [1.807, 2.05) is 13.8 Å². The van der Waals surface area contributed by atoms with Gasteiger partial charge in [-0.25, -0.2) is 0 Å². The summed E-state index contributed by atoms with van der Waals surface area (Å²) in [6.07, 6.45) is 0. The summed E-state index contributed by atoms with van der Waals surface area (Å²) >= 11 is -1.89. The second-order valence-electron chi connectivity index (χ2n) is 2.12. The smallest absolute Gasteiger partial charge is 0.0227 e. The van der Waals surface area contributed by atoms with Crippen molar-refractivity contribution in [1.82, 2.24) is 5.32 Å². The highest BCUT2D eigenvalue weighted by atomic mass is 32.2. The fourth-order valence-corrected chi connectivity index (χ4v) is 0.715. The SMILES string of the molecule is CC(C)NCCS(=O)[O-]. The van der Waals surface area contributed by atoms with E-state index >= 15 is 0 Å². The molecule has 0 heterocycles. The molecule has 0 aromatic carbocycles. The Balaban J connectivity index is 3.01. The molecule has 56 valence electrons. The molecular formula is C5H12NO2S-. The highest BCUT2D eigenvalue weighted by molar-refractivity contribution is 7.79. The second-order valence-corrected chi connectivity index (χ2v) is 3.13. The maximum absolute atomic E-state index is 9.94. The Kier molecular flexibility index (Phi) is 4.94. The van der Waals surface area contributed by atoms with Crippen LogP contribution < -0.4 is 5.32 Å². The van der Waals surface area contributed by atoms with Gasteiger partial charge in [-0.05, 0) is 0 Å². The highest BCUT2D eigenvalue weighted by Gasteiger charge is 1.89. The number of nitrogens with one attached hydrogen (secondary N) is 1. The molecule has 9 heavy (non-hydrogen) atoms. The molecule has 0 rings (SSSR count). The van der Waals surface area contributed by atoms with Gasteiger partial charge in [-0.15, -0.1) is 0 Å². The Morgan fingerprint density at radius 2 is 2.22 bits per heavy atom. The molecule has 1 N–H and O–H groups in total. The average molecular weight is 150 g/mol. The summed E-state index contributed by atoms with van der Waals surface area (Å²) in [5, 5.41) is 2.98.